The monoisotopic (exact) mass is 1830 g/mol. The van der Waals surface area contributed by atoms with Gasteiger partial charge in [0.1, 0.15) is 30.5 Å². The molecule has 0 radical (unpaired) electrons. The standard InChI is InChI=1S/C135H98N6O2/c1-133(2)124-76-101(97-34-28-89-26-32-95(89)72-97)40-60-116(124)118-62-56-111(78-126(118)133)138(107-48-36-91(37-49-107)99-42-64-128-120(74-99)122-80-114(142-83-85-20-22-87-24-30-93(87)70-85)58-66-129(122)140(128)113-18-13-68-136-82-113)109-52-44-105(45-53-109)135(103-14-7-5-8-15-103,104-16-9-6-10-17-104)106-46-54-110(55-47-106)139(112-57-63-119-117-61-41-102(77-125(117)134(3,4)127(119)79-112)98-35-29-90-27-33-96(90)73-98)108-50-38-92(39-51-108)100-43-65-130-121(75-100)123-81-115(143-84-86-21-23-88-25-31-94(88)71-86)59-67-131(123)141(130)132-19-11-12-69-137-132/h5-25,28-31,34-82H,26-27,32-33,83-84H2,1-4H3. The van der Waals surface area contributed by atoms with E-state index in [0.717, 1.165) is 169 Å². The minimum atomic E-state index is -0.815. The molecule has 6 aliphatic rings. The molecule has 0 saturated heterocycles. The molecule has 18 aromatic carbocycles. The van der Waals surface area contributed by atoms with Crippen molar-refractivity contribution in [1.29, 1.82) is 0 Å². The lowest BCUT2D eigenvalue weighted by molar-refractivity contribution is 0.306. The molecule has 0 spiro atoms. The highest BCUT2D eigenvalue weighted by Gasteiger charge is 2.42. The molecule has 0 amide bonds. The summed E-state index contributed by atoms with van der Waals surface area (Å²) in [6.07, 6.45) is 18.9. The molecule has 6 aliphatic carbocycles. The van der Waals surface area contributed by atoms with E-state index in [4.69, 9.17) is 14.5 Å². The Morgan fingerprint density at radius 2 is 0.650 bits per heavy atom. The first-order chi connectivity index (χ1) is 70.3. The van der Waals surface area contributed by atoms with E-state index in [2.05, 4.69) is 470 Å². The summed E-state index contributed by atoms with van der Waals surface area (Å²) in [6, 6.07) is 153. The number of anilines is 6. The summed E-state index contributed by atoms with van der Waals surface area (Å²) in [6.45, 7) is 10.6. The van der Waals surface area contributed by atoms with Crippen molar-refractivity contribution < 1.29 is 9.47 Å². The van der Waals surface area contributed by atoms with Crippen molar-refractivity contribution in [2.45, 2.75) is 82.8 Å². The molecule has 143 heavy (non-hydrogen) atoms. The van der Waals surface area contributed by atoms with Crippen LogP contribution >= 0.6 is 0 Å². The van der Waals surface area contributed by atoms with Crippen LogP contribution in [0, 0.1) is 0 Å². The lowest BCUT2D eigenvalue weighted by Gasteiger charge is -2.37. The molecule has 0 atom stereocenters. The fourth-order valence-electron chi connectivity index (χ4n) is 24.0. The number of aryl methyl sites for hydroxylation is 4. The molecule has 28 rings (SSSR count). The summed E-state index contributed by atoms with van der Waals surface area (Å²) < 4.78 is 17.9. The summed E-state index contributed by atoms with van der Waals surface area (Å²) in [5.41, 5.74) is 48.0. The predicted octanol–water partition coefficient (Wildman–Crippen LogP) is 33.6. The van der Waals surface area contributed by atoms with Gasteiger partial charge in [0.2, 0.25) is 0 Å². The van der Waals surface area contributed by atoms with E-state index < -0.39 is 5.41 Å². The summed E-state index contributed by atoms with van der Waals surface area (Å²) in [5, 5.41) is 4.46. The highest BCUT2D eigenvalue weighted by Crippen LogP contribution is 2.57. The molecule has 8 heteroatoms. The third-order valence-corrected chi connectivity index (χ3v) is 31.9. The van der Waals surface area contributed by atoms with Gasteiger partial charge in [0, 0.05) is 78.9 Å². The maximum atomic E-state index is 6.64. The number of fused-ring (bicyclic) bond motifs is 16. The number of benzene rings is 18. The average Bonchev–Trinajstić information content (AvgIpc) is 1.36. The molecule has 22 aromatic rings. The molecule has 0 aliphatic heterocycles. The predicted molar refractivity (Wildman–Crippen MR) is 589 cm³/mol. The Hall–Kier alpha value is -17.5. The quantitative estimate of drug-likeness (QED) is 0.0630. The van der Waals surface area contributed by atoms with Crippen LogP contribution in [0.5, 0.6) is 11.5 Å². The number of pyridine rings is 2. The second-order valence-corrected chi connectivity index (χ2v) is 40.6. The van der Waals surface area contributed by atoms with E-state index in [1.807, 2.05) is 30.7 Å². The molecule has 0 unspecified atom stereocenters. The molecule has 0 N–H and O–H groups in total. The first kappa shape index (κ1) is 83.7. The Kier molecular flexibility index (Phi) is 19.2. The molecular formula is C135H98N6O2. The molecule has 680 valence electrons. The Morgan fingerprint density at radius 3 is 1.06 bits per heavy atom. The minimum absolute atomic E-state index is 0.309. The number of hydrogen-bond donors (Lipinski definition) is 0. The summed E-state index contributed by atoms with van der Waals surface area (Å²) in [7, 11) is 0. The van der Waals surface area contributed by atoms with Gasteiger partial charge in [0.15, 0.2) is 0 Å². The highest BCUT2D eigenvalue weighted by atomic mass is 16.5. The van der Waals surface area contributed by atoms with Gasteiger partial charge in [-0.2, -0.15) is 0 Å². The fraction of sp³-hybridized carbons (Fsp3) is 0.0963. The Balaban J connectivity index is 0.558. The molecular weight excluding hydrogens is 1740 g/mol. The second kappa shape index (κ2) is 32.9. The first-order valence-electron chi connectivity index (χ1n) is 50.1. The first-order valence-corrected chi connectivity index (χ1v) is 50.1. The summed E-state index contributed by atoms with van der Waals surface area (Å²) in [5.74, 6) is 2.50. The van der Waals surface area contributed by atoms with Gasteiger partial charge < -0.3 is 23.8 Å². The third kappa shape index (κ3) is 13.8. The van der Waals surface area contributed by atoms with E-state index in [1.54, 1.807) is 0 Å². The topological polar surface area (TPSA) is 60.6 Å². The molecule has 0 bridgehead atoms. The number of hydrogen-bond acceptors (Lipinski definition) is 6. The fourth-order valence-corrected chi connectivity index (χ4v) is 24.0. The van der Waals surface area contributed by atoms with Crippen molar-refractivity contribution in [3.05, 3.63) is 525 Å². The van der Waals surface area contributed by atoms with Crippen molar-refractivity contribution in [3.63, 3.8) is 0 Å². The molecule has 0 fully saturated rings. The zero-order valence-electron chi connectivity index (χ0n) is 80.0. The zero-order valence-corrected chi connectivity index (χ0v) is 80.0. The zero-order chi connectivity index (χ0) is 94.9. The van der Waals surface area contributed by atoms with Crippen LogP contribution in [-0.4, -0.2) is 19.1 Å². The van der Waals surface area contributed by atoms with E-state index in [0.29, 0.717) is 13.2 Å². The second-order valence-electron chi connectivity index (χ2n) is 40.6. The average molecular weight is 1840 g/mol. The van der Waals surface area contributed by atoms with Crippen LogP contribution in [-0.2, 0) is 55.1 Å². The van der Waals surface area contributed by atoms with Crippen molar-refractivity contribution in [3.8, 4) is 89.8 Å². The molecule has 4 heterocycles. The van der Waals surface area contributed by atoms with Gasteiger partial charge in [0.05, 0.1) is 39.4 Å². The maximum Gasteiger partial charge on any atom is 0.137 e. The molecule has 4 aromatic heterocycles. The normalized spacial score (nSPS) is 13.7. The Labute approximate surface area is 832 Å². The van der Waals surface area contributed by atoms with Gasteiger partial charge in [-0.25, -0.2) is 4.98 Å². The largest absolute Gasteiger partial charge is 0.489 e. The van der Waals surface area contributed by atoms with Crippen LogP contribution in [0.15, 0.2) is 425 Å². The Morgan fingerprint density at radius 1 is 0.280 bits per heavy atom. The van der Waals surface area contributed by atoms with Gasteiger partial charge >= 0.3 is 0 Å². The van der Waals surface area contributed by atoms with E-state index in [1.165, 1.54) is 124 Å². The minimum Gasteiger partial charge on any atom is -0.489 e. The van der Waals surface area contributed by atoms with E-state index >= 15 is 0 Å². The number of aromatic nitrogens is 4. The van der Waals surface area contributed by atoms with Crippen LogP contribution < -0.4 is 19.3 Å². The van der Waals surface area contributed by atoms with Crippen molar-refractivity contribution in [1.82, 2.24) is 19.1 Å². The van der Waals surface area contributed by atoms with Crippen molar-refractivity contribution in [2.24, 2.45) is 0 Å². The SMILES string of the molecule is CC1(C)c2cc(-c3ccc4c(c3)CC4)ccc2-c2ccc(N(c3ccc(-c4ccc5c(c4)c4cc(OCc6ccc7c(c6)C=C7)ccc4n5-c4cccnc4)cc3)c3ccc(C(c4ccccc4)(c4ccccc4)c4ccc(N(c5ccc(-c6ccc7c(c6)c6cc(OCc8ccc9c(c8)C=C9)ccc6n7-c6ccccn6)cc5)c5ccc6c(c5)C(C)(C)c5cc(-c7ccc8c(c7)CC8)ccc5-6)cc4)cc3)cc21. The van der Waals surface area contributed by atoms with Gasteiger partial charge in [-0.15, -0.1) is 0 Å². The summed E-state index contributed by atoms with van der Waals surface area (Å²) in [4.78, 5) is 14.5. The van der Waals surface area contributed by atoms with Crippen LogP contribution in [0.3, 0.4) is 0 Å². The van der Waals surface area contributed by atoms with Crippen LogP contribution in [0.25, 0.3) is 146 Å². The number of nitrogens with zero attached hydrogens (tertiary/aromatic N) is 6. The molecule has 0 saturated carbocycles. The van der Waals surface area contributed by atoms with Crippen LogP contribution in [0.4, 0.5) is 34.1 Å². The van der Waals surface area contributed by atoms with Gasteiger partial charge in [-0.05, 0) is 375 Å². The van der Waals surface area contributed by atoms with E-state index in [-0.39, 0.29) is 10.8 Å². The maximum absolute atomic E-state index is 6.64. The van der Waals surface area contributed by atoms with Gasteiger partial charge in [-0.3, -0.25) is 9.55 Å². The van der Waals surface area contributed by atoms with Crippen LogP contribution in [0.2, 0.25) is 0 Å². The lowest BCUT2D eigenvalue weighted by Crippen LogP contribution is -2.31. The summed E-state index contributed by atoms with van der Waals surface area (Å²) >= 11 is 0. The smallest absolute Gasteiger partial charge is 0.137 e. The van der Waals surface area contributed by atoms with Crippen LogP contribution in [0.1, 0.15) is 128 Å². The number of rotatable bonds is 22. The Bertz CT molecular complexity index is 8510. The van der Waals surface area contributed by atoms with Crippen molar-refractivity contribution >= 4 is 102 Å². The van der Waals surface area contributed by atoms with Gasteiger partial charge in [0.25, 0.3) is 0 Å². The van der Waals surface area contributed by atoms with Crippen molar-refractivity contribution in [2.75, 3.05) is 9.80 Å². The highest BCUT2D eigenvalue weighted by molar-refractivity contribution is 6.13. The molecule has 8 nitrogen and oxygen atoms in total. The third-order valence-electron chi connectivity index (χ3n) is 31.9. The van der Waals surface area contributed by atoms with E-state index in [9.17, 15) is 0 Å². The number of ether oxygens (including phenoxy) is 2. The lowest BCUT2D eigenvalue weighted by atomic mass is 9.65. The van der Waals surface area contributed by atoms with Gasteiger partial charge in [-0.1, -0.05) is 276 Å².